The highest BCUT2D eigenvalue weighted by atomic mass is 19.1. The number of carbonyl (C=O) groups is 2. The minimum atomic E-state index is -0.283. The lowest BCUT2D eigenvalue weighted by molar-refractivity contribution is -0.127. The Morgan fingerprint density at radius 1 is 1.18 bits per heavy atom. The Hall–Kier alpha value is -2.80. The normalized spacial score (nSPS) is 19.1. The Kier molecular flexibility index (Phi) is 6.71. The van der Waals surface area contributed by atoms with Crippen LogP contribution in [-0.2, 0) is 16.0 Å². The Bertz CT molecular complexity index is 825. The zero-order valence-electron chi connectivity index (χ0n) is 15.9. The third-order valence-electron chi connectivity index (χ3n) is 4.87. The van der Waals surface area contributed by atoms with Crippen molar-refractivity contribution in [2.75, 3.05) is 25.0 Å². The van der Waals surface area contributed by atoms with E-state index >= 15 is 0 Å². The van der Waals surface area contributed by atoms with Gasteiger partial charge in [0.25, 0.3) is 0 Å². The number of nitrogens with zero attached hydrogens (tertiary/aromatic N) is 1. The number of hydrogen-bond donors (Lipinski definition) is 3. The van der Waals surface area contributed by atoms with Crippen LogP contribution in [0, 0.1) is 24.6 Å². The van der Waals surface area contributed by atoms with Gasteiger partial charge in [0.05, 0.1) is 23.7 Å². The average Bonchev–Trinajstić information content (AvgIpc) is 2.70. The highest BCUT2D eigenvalue weighted by molar-refractivity contribution is 5.93. The summed E-state index contributed by atoms with van der Waals surface area (Å²) in [6.07, 6.45) is 2.68. The molecule has 1 aliphatic heterocycles. The van der Waals surface area contributed by atoms with E-state index in [1.54, 1.807) is 12.3 Å². The maximum absolute atomic E-state index is 13.2. The van der Waals surface area contributed by atoms with Crippen LogP contribution in [0.5, 0.6) is 0 Å². The molecule has 3 rings (SSSR count). The molecule has 2 aromatic rings. The van der Waals surface area contributed by atoms with Crippen molar-refractivity contribution in [3.8, 4) is 0 Å². The van der Waals surface area contributed by atoms with Crippen LogP contribution in [0.2, 0.25) is 0 Å². The Labute approximate surface area is 163 Å². The fourth-order valence-electron chi connectivity index (χ4n) is 3.29. The van der Waals surface area contributed by atoms with Crippen molar-refractivity contribution >= 4 is 17.5 Å². The van der Waals surface area contributed by atoms with Gasteiger partial charge in [-0.25, -0.2) is 4.39 Å². The SMILES string of the molecule is Cc1ccc(NC(=O)[C@@H]2CNC[C@H](C(=O)NCCc3cccc(F)c3)C2)cn1. The number of halogens is 1. The van der Waals surface area contributed by atoms with Crippen molar-refractivity contribution in [3.05, 3.63) is 59.7 Å². The van der Waals surface area contributed by atoms with E-state index in [4.69, 9.17) is 0 Å². The molecule has 3 N–H and O–H groups in total. The molecule has 1 aliphatic rings. The molecule has 0 saturated carbocycles. The van der Waals surface area contributed by atoms with Crippen molar-refractivity contribution < 1.29 is 14.0 Å². The van der Waals surface area contributed by atoms with Crippen LogP contribution in [0.4, 0.5) is 10.1 Å². The first-order valence-electron chi connectivity index (χ1n) is 9.47. The van der Waals surface area contributed by atoms with E-state index in [1.165, 1.54) is 12.1 Å². The lowest BCUT2D eigenvalue weighted by atomic mass is 9.89. The summed E-state index contributed by atoms with van der Waals surface area (Å²) in [5.74, 6) is -1.03. The smallest absolute Gasteiger partial charge is 0.228 e. The molecule has 0 unspecified atom stereocenters. The van der Waals surface area contributed by atoms with Crippen molar-refractivity contribution in [1.29, 1.82) is 0 Å². The van der Waals surface area contributed by atoms with E-state index in [0.717, 1.165) is 11.3 Å². The summed E-state index contributed by atoms with van der Waals surface area (Å²) in [5.41, 5.74) is 2.37. The monoisotopic (exact) mass is 384 g/mol. The van der Waals surface area contributed by atoms with Gasteiger partial charge in [-0.1, -0.05) is 12.1 Å². The molecule has 148 valence electrons. The molecule has 6 nitrogen and oxygen atoms in total. The van der Waals surface area contributed by atoms with Gasteiger partial charge in [-0.2, -0.15) is 0 Å². The van der Waals surface area contributed by atoms with Gasteiger partial charge in [0.2, 0.25) is 11.8 Å². The van der Waals surface area contributed by atoms with Gasteiger partial charge >= 0.3 is 0 Å². The summed E-state index contributed by atoms with van der Waals surface area (Å²) >= 11 is 0. The Morgan fingerprint density at radius 2 is 1.96 bits per heavy atom. The van der Waals surface area contributed by atoms with Crippen LogP contribution in [0.1, 0.15) is 17.7 Å². The van der Waals surface area contributed by atoms with Crippen LogP contribution < -0.4 is 16.0 Å². The molecule has 1 fully saturated rings. The minimum Gasteiger partial charge on any atom is -0.355 e. The fourth-order valence-corrected chi connectivity index (χ4v) is 3.29. The topological polar surface area (TPSA) is 83.1 Å². The molecule has 1 aromatic carbocycles. The summed E-state index contributed by atoms with van der Waals surface area (Å²) in [6, 6.07) is 10.0. The van der Waals surface area contributed by atoms with Crippen molar-refractivity contribution in [2.24, 2.45) is 11.8 Å². The first-order chi connectivity index (χ1) is 13.5. The maximum atomic E-state index is 13.2. The van der Waals surface area contributed by atoms with Gasteiger partial charge in [-0.3, -0.25) is 14.6 Å². The van der Waals surface area contributed by atoms with E-state index in [9.17, 15) is 14.0 Å². The van der Waals surface area contributed by atoms with Gasteiger partial charge < -0.3 is 16.0 Å². The molecule has 0 radical (unpaired) electrons. The number of anilines is 1. The number of benzene rings is 1. The van der Waals surface area contributed by atoms with E-state index in [-0.39, 0.29) is 29.5 Å². The zero-order valence-corrected chi connectivity index (χ0v) is 15.9. The van der Waals surface area contributed by atoms with Crippen LogP contribution >= 0.6 is 0 Å². The largest absolute Gasteiger partial charge is 0.355 e. The molecule has 7 heteroatoms. The van der Waals surface area contributed by atoms with Crippen LogP contribution in [0.3, 0.4) is 0 Å². The van der Waals surface area contributed by atoms with Crippen molar-refractivity contribution in [1.82, 2.24) is 15.6 Å². The van der Waals surface area contributed by atoms with E-state index in [0.29, 0.717) is 38.2 Å². The van der Waals surface area contributed by atoms with Gasteiger partial charge in [0.1, 0.15) is 5.82 Å². The highest BCUT2D eigenvalue weighted by Gasteiger charge is 2.31. The molecular formula is C21H25FN4O2. The van der Waals surface area contributed by atoms with Gasteiger partial charge in [0.15, 0.2) is 0 Å². The molecule has 2 heterocycles. The van der Waals surface area contributed by atoms with E-state index in [2.05, 4.69) is 20.9 Å². The third kappa shape index (κ3) is 5.60. The first kappa shape index (κ1) is 19.9. The van der Waals surface area contributed by atoms with Gasteiger partial charge in [-0.15, -0.1) is 0 Å². The molecule has 0 spiro atoms. The van der Waals surface area contributed by atoms with Crippen molar-refractivity contribution in [2.45, 2.75) is 19.8 Å². The maximum Gasteiger partial charge on any atom is 0.228 e. The number of carbonyl (C=O) groups excluding carboxylic acids is 2. The van der Waals surface area contributed by atoms with E-state index in [1.807, 2.05) is 25.1 Å². The number of amides is 2. The molecule has 0 aliphatic carbocycles. The number of pyridine rings is 1. The number of piperidine rings is 1. The zero-order chi connectivity index (χ0) is 19.9. The molecule has 0 bridgehead atoms. The molecule has 2 atom stereocenters. The van der Waals surface area contributed by atoms with Crippen LogP contribution in [-0.4, -0.2) is 36.4 Å². The predicted molar refractivity (Wildman–Crippen MR) is 105 cm³/mol. The number of rotatable bonds is 6. The summed E-state index contributed by atoms with van der Waals surface area (Å²) in [4.78, 5) is 29.1. The Morgan fingerprint density at radius 3 is 2.68 bits per heavy atom. The average molecular weight is 384 g/mol. The molecule has 1 saturated heterocycles. The lowest BCUT2D eigenvalue weighted by Crippen LogP contribution is -2.47. The Balaban J connectivity index is 1.47. The van der Waals surface area contributed by atoms with Gasteiger partial charge in [-0.05, 0) is 49.6 Å². The lowest BCUT2D eigenvalue weighted by Gasteiger charge is -2.28. The van der Waals surface area contributed by atoms with Crippen molar-refractivity contribution in [3.63, 3.8) is 0 Å². The quantitative estimate of drug-likeness (QED) is 0.712. The number of aromatic nitrogens is 1. The summed E-state index contributed by atoms with van der Waals surface area (Å²) in [5, 5.41) is 8.92. The summed E-state index contributed by atoms with van der Waals surface area (Å²) in [6.45, 7) is 3.40. The third-order valence-corrected chi connectivity index (χ3v) is 4.87. The summed E-state index contributed by atoms with van der Waals surface area (Å²) < 4.78 is 13.2. The van der Waals surface area contributed by atoms with Crippen LogP contribution in [0.25, 0.3) is 0 Å². The summed E-state index contributed by atoms with van der Waals surface area (Å²) in [7, 11) is 0. The molecule has 2 amide bonds. The second-order valence-corrected chi connectivity index (χ2v) is 7.14. The standard InChI is InChI=1S/C21H25FN4O2/c1-14-5-6-19(13-25-14)26-21(28)17-10-16(11-23-12-17)20(27)24-8-7-15-3-2-4-18(22)9-15/h2-6,9,13,16-17,23H,7-8,10-12H2,1H3,(H,24,27)(H,26,28)/t16-,17+/m1/s1. The van der Waals surface area contributed by atoms with Gasteiger partial charge in [0, 0.05) is 25.3 Å². The number of hydrogen-bond acceptors (Lipinski definition) is 4. The van der Waals surface area contributed by atoms with Crippen LogP contribution in [0.15, 0.2) is 42.6 Å². The molecular weight excluding hydrogens is 359 g/mol. The minimum absolute atomic E-state index is 0.0848. The highest BCUT2D eigenvalue weighted by Crippen LogP contribution is 2.19. The molecule has 1 aromatic heterocycles. The second-order valence-electron chi connectivity index (χ2n) is 7.14. The molecule has 28 heavy (non-hydrogen) atoms. The first-order valence-corrected chi connectivity index (χ1v) is 9.47. The second kappa shape index (κ2) is 9.41. The fraction of sp³-hybridized carbons (Fsp3) is 0.381. The number of nitrogens with one attached hydrogen (secondary N) is 3. The predicted octanol–water partition coefficient (Wildman–Crippen LogP) is 2.05. The van der Waals surface area contributed by atoms with E-state index < -0.39 is 0 Å². The number of aryl methyl sites for hydroxylation is 1.